The molecule has 2 saturated heterocycles. The smallest absolute Gasteiger partial charge is 0.303 e. The highest BCUT2D eigenvalue weighted by molar-refractivity contribution is 5.88. The van der Waals surface area contributed by atoms with Crippen LogP contribution in [0, 0.1) is 63.6 Å². The van der Waals surface area contributed by atoms with E-state index in [0.29, 0.717) is 12.8 Å². The Kier molecular flexibility index (Phi) is 6.32. The van der Waals surface area contributed by atoms with Gasteiger partial charge in [-0.1, -0.05) is 41.2 Å². The first-order valence-corrected chi connectivity index (χ1v) is 16.3. The van der Waals surface area contributed by atoms with Crippen LogP contribution in [0.4, 0.5) is 0 Å². The SMILES string of the molecule is C=C1O[C@H]2C[C@@H](C)[C@H]3[C@@H]([C@H](O)[C@H]4[C@H]5C(C(C)[C@H](OC(C)=O)[C@]34C)[C@]3(C)[C@H](C[C@@H]4O[C@@H]4[C@@H]3OC(C)=O)C(=O)[C@@H]5O)[C@@]2(C)[C@]1(C)O. The first kappa shape index (κ1) is 30.6. The molecule has 2 aliphatic heterocycles. The number of ketones is 1. The van der Waals surface area contributed by atoms with Crippen molar-refractivity contribution in [3.63, 3.8) is 0 Å². The number of carbonyl (C=O) groups is 3. The molecule has 0 aromatic rings. The van der Waals surface area contributed by atoms with Gasteiger partial charge in [0.25, 0.3) is 0 Å². The second-order valence-electron chi connectivity index (χ2n) is 16.2. The molecular formula is C34H48O10. The van der Waals surface area contributed by atoms with Gasteiger partial charge in [0, 0.05) is 53.8 Å². The highest BCUT2D eigenvalue weighted by Crippen LogP contribution is 2.76. The summed E-state index contributed by atoms with van der Waals surface area (Å²) in [5, 5.41) is 36.7. The molecule has 0 radical (unpaired) electrons. The number of carbonyl (C=O) groups excluding carboxylic acids is 3. The van der Waals surface area contributed by atoms with Crippen LogP contribution in [0.5, 0.6) is 0 Å². The van der Waals surface area contributed by atoms with Crippen LogP contribution in [-0.4, -0.2) is 81.4 Å². The van der Waals surface area contributed by atoms with Crippen molar-refractivity contribution < 1.29 is 48.7 Å². The molecule has 44 heavy (non-hydrogen) atoms. The van der Waals surface area contributed by atoms with Gasteiger partial charge in [-0.25, -0.2) is 0 Å². The van der Waals surface area contributed by atoms with Crippen LogP contribution in [-0.2, 0) is 33.3 Å². The molecule has 244 valence electrons. The number of fused-ring (bicyclic) bond motifs is 10. The number of esters is 2. The van der Waals surface area contributed by atoms with Gasteiger partial charge >= 0.3 is 11.9 Å². The van der Waals surface area contributed by atoms with E-state index in [9.17, 15) is 29.7 Å². The van der Waals surface area contributed by atoms with E-state index >= 15 is 0 Å². The zero-order valence-electron chi connectivity index (χ0n) is 27.0. The number of hydrogen-bond donors (Lipinski definition) is 3. The Morgan fingerprint density at radius 1 is 0.909 bits per heavy atom. The lowest BCUT2D eigenvalue weighted by Gasteiger charge is -2.65. The zero-order valence-corrected chi connectivity index (χ0v) is 27.0. The van der Waals surface area contributed by atoms with E-state index in [1.165, 1.54) is 13.8 Å². The molecule has 2 unspecified atom stereocenters. The second-order valence-corrected chi connectivity index (χ2v) is 16.2. The van der Waals surface area contributed by atoms with Crippen LogP contribution in [0.15, 0.2) is 12.3 Å². The maximum atomic E-state index is 14.3. The molecule has 10 heteroatoms. The summed E-state index contributed by atoms with van der Waals surface area (Å²) in [5.41, 5.74) is -4.19. The molecule has 0 bridgehead atoms. The Hall–Kier alpha value is -2.01. The molecule has 7 fully saturated rings. The lowest BCUT2D eigenvalue weighted by Crippen LogP contribution is -2.72. The van der Waals surface area contributed by atoms with Crippen LogP contribution < -0.4 is 0 Å². The molecule has 7 aliphatic rings. The summed E-state index contributed by atoms with van der Waals surface area (Å²) in [4.78, 5) is 39.6. The van der Waals surface area contributed by atoms with E-state index in [2.05, 4.69) is 13.5 Å². The molecule has 0 aromatic carbocycles. The Morgan fingerprint density at radius 2 is 1.52 bits per heavy atom. The number of ether oxygens (including phenoxy) is 4. The van der Waals surface area contributed by atoms with Crippen molar-refractivity contribution in [1.29, 1.82) is 0 Å². The first-order chi connectivity index (χ1) is 20.4. The van der Waals surface area contributed by atoms with Crippen molar-refractivity contribution in [2.75, 3.05) is 0 Å². The fourth-order valence-corrected chi connectivity index (χ4v) is 12.8. The number of hydrogen-bond acceptors (Lipinski definition) is 10. The summed E-state index contributed by atoms with van der Waals surface area (Å²) in [6.07, 6.45) is -3.81. The number of Topliss-reactive ketones (excluding diaryl/α,β-unsaturated/α-hetero) is 1. The van der Waals surface area contributed by atoms with Gasteiger partial charge in [0.05, 0.1) is 12.2 Å². The molecule has 10 nitrogen and oxygen atoms in total. The standard InChI is InChI=1S/C34H48O10/c1-12-10-19-33(8,34(9,40)14(3)41-19)24-21(12)32(7)23(27(24)39)20-22(13(2)29(32)42-15(4)35)31(6)17(25(37)26(20)38)11-18-28(44-18)30(31)43-16(5)36/h12-13,17-24,26-30,38-40H,3,10-11H2,1-2,4-9H3/t12-,13?,17-,18+,19+,20-,21+,22?,23-,24+,26-,27-,28+,29+,30+,31+,32-,33+,34-/m1/s1. The number of epoxide rings is 1. The molecule has 0 spiro atoms. The Bertz CT molecular complexity index is 1330. The highest BCUT2D eigenvalue weighted by atomic mass is 16.6. The van der Waals surface area contributed by atoms with Crippen molar-refractivity contribution in [1.82, 2.24) is 0 Å². The first-order valence-electron chi connectivity index (χ1n) is 16.3. The fourth-order valence-electron chi connectivity index (χ4n) is 12.8. The average Bonchev–Trinajstić information content (AvgIpc) is 3.61. The summed E-state index contributed by atoms with van der Waals surface area (Å²) >= 11 is 0. The third-order valence-corrected chi connectivity index (χ3v) is 14.5. The largest absolute Gasteiger partial charge is 0.492 e. The van der Waals surface area contributed by atoms with Gasteiger partial charge in [-0.05, 0) is 43.4 Å². The Morgan fingerprint density at radius 3 is 2.14 bits per heavy atom. The van der Waals surface area contributed by atoms with E-state index in [0.717, 1.165) is 0 Å². The van der Waals surface area contributed by atoms with Gasteiger partial charge in [0.2, 0.25) is 0 Å². The Labute approximate surface area is 258 Å². The lowest BCUT2D eigenvalue weighted by molar-refractivity contribution is -0.252. The van der Waals surface area contributed by atoms with Crippen LogP contribution in [0.25, 0.3) is 0 Å². The van der Waals surface area contributed by atoms with E-state index in [4.69, 9.17) is 18.9 Å². The minimum absolute atomic E-state index is 0.00454. The molecule has 19 atom stereocenters. The van der Waals surface area contributed by atoms with Gasteiger partial charge in [-0.3, -0.25) is 14.4 Å². The maximum absolute atomic E-state index is 14.3. The van der Waals surface area contributed by atoms with E-state index in [1.54, 1.807) is 6.92 Å². The van der Waals surface area contributed by atoms with Crippen LogP contribution in [0.2, 0.25) is 0 Å². The van der Waals surface area contributed by atoms with Gasteiger partial charge < -0.3 is 34.3 Å². The summed E-state index contributed by atoms with van der Waals surface area (Å²) < 4.78 is 24.4. The average molecular weight is 617 g/mol. The summed E-state index contributed by atoms with van der Waals surface area (Å²) in [6, 6.07) is 0. The van der Waals surface area contributed by atoms with Crippen molar-refractivity contribution in [2.45, 2.75) is 117 Å². The monoisotopic (exact) mass is 616 g/mol. The van der Waals surface area contributed by atoms with Crippen LogP contribution in [0.3, 0.4) is 0 Å². The molecule has 0 amide bonds. The topological polar surface area (TPSA) is 152 Å². The summed E-state index contributed by atoms with van der Waals surface area (Å²) in [7, 11) is 0. The molecule has 5 aliphatic carbocycles. The highest BCUT2D eigenvalue weighted by Gasteiger charge is 2.82. The van der Waals surface area contributed by atoms with Gasteiger partial charge in [0.1, 0.15) is 41.9 Å². The maximum Gasteiger partial charge on any atom is 0.303 e. The lowest BCUT2D eigenvalue weighted by atomic mass is 9.39. The Balaban J connectivity index is 1.44. The van der Waals surface area contributed by atoms with Crippen molar-refractivity contribution >= 4 is 17.7 Å². The predicted octanol–water partition coefficient (Wildman–Crippen LogP) is 2.41. The van der Waals surface area contributed by atoms with Gasteiger partial charge in [-0.2, -0.15) is 0 Å². The number of rotatable bonds is 2. The van der Waals surface area contributed by atoms with E-state index < -0.39 is 93.9 Å². The van der Waals surface area contributed by atoms with Gasteiger partial charge in [-0.15, -0.1) is 0 Å². The molecule has 5 saturated carbocycles. The molecule has 7 rings (SSSR count). The quantitative estimate of drug-likeness (QED) is 0.312. The zero-order chi connectivity index (χ0) is 32.2. The molecule has 0 aromatic heterocycles. The predicted molar refractivity (Wildman–Crippen MR) is 154 cm³/mol. The number of aliphatic hydroxyl groups is 3. The minimum atomic E-state index is -1.45. The normalized spacial score (nSPS) is 60.0. The third-order valence-electron chi connectivity index (χ3n) is 14.5. The fraction of sp³-hybridized carbons (Fsp3) is 0.853. The second kappa shape index (κ2) is 9.07. The van der Waals surface area contributed by atoms with Crippen molar-refractivity contribution in [3.8, 4) is 0 Å². The van der Waals surface area contributed by atoms with Gasteiger partial charge in [0.15, 0.2) is 5.78 Å². The minimum Gasteiger partial charge on any atom is -0.492 e. The van der Waals surface area contributed by atoms with Crippen molar-refractivity contribution in [3.05, 3.63) is 12.3 Å². The number of aliphatic hydroxyl groups excluding tert-OH is 2. The van der Waals surface area contributed by atoms with Crippen LogP contribution >= 0.6 is 0 Å². The van der Waals surface area contributed by atoms with Crippen molar-refractivity contribution in [2.24, 2.45) is 63.6 Å². The molecular weight excluding hydrogens is 568 g/mol. The molecule has 3 N–H and O–H groups in total. The summed E-state index contributed by atoms with van der Waals surface area (Å²) in [6.45, 7) is 18.5. The third kappa shape index (κ3) is 3.34. The van der Waals surface area contributed by atoms with E-state index in [-0.39, 0.29) is 41.5 Å². The molecule has 2 heterocycles. The van der Waals surface area contributed by atoms with Crippen LogP contribution in [0.1, 0.15) is 68.2 Å². The van der Waals surface area contributed by atoms with E-state index in [1.807, 2.05) is 27.7 Å². The summed E-state index contributed by atoms with van der Waals surface area (Å²) in [5.74, 6) is -4.57.